The van der Waals surface area contributed by atoms with E-state index in [2.05, 4.69) is 0 Å². The van der Waals surface area contributed by atoms with Gasteiger partial charge in [0.2, 0.25) is 5.75 Å². The van der Waals surface area contributed by atoms with E-state index in [1.54, 1.807) is 12.1 Å². The van der Waals surface area contributed by atoms with Gasteiger partial charge in [-0.25, -0.2) is 0 Å². The lowest BCUT2D eigenvalue weighted by molar-refractivity contribution is -0.138. The van der Waals surface area contributed by atoms with Crippen LogP contribution in [0, 0.1) is 0 Å². The van der Waals surface area contributed by atoms with Crippen LogP contribution in [0.2, 0.25) is 0 Å². The normalized spacial score (nSPS) is 12.1. The second-order valence-electron chi connectivity index (χ2n) is 4.51. The van der Waals surface area contributed by atoms with Crippen molar-refractivity contribution < 1.29 is 24.1 Å². The van der Waals surface area contributed by atoms with E-state index in [0.29, 0.717) is 22.8 Å². The summed E-state index contributed by atoms with van der Waals surface area (Å²) < 4.78 is 16.2. The Labute approximate surface area is 118 Å². The van der Waals surface area contributed by atoms with Crippen molar-refractivity contribution >= 4 is 5.97 Å². The topological polar surface area (TPSA) is 91.0 Å². The lowest BCUT2D eigenvalue weighted by Gasteiger charge is -2.21. The highest BCUT2D eigenvalue weighted by molar-refractivity contribution is 5.78. The highest BCUT2D eigenvalue weighted by atomic mass is 16.5. The van der Waals surface area contributed by atoms with Crippen LogP contribution in [0.5, 0.6) is 17.2 Å². The summed E-state index contributed by atoms with van der Waals surface area (Å²) in [6.45, 7) is 3.67. The number of hydrogen-bond acceptors (Lipinski definition) is 5. The molecule has 1 aromatic rings. The number of carboxylic acid groups (broad SMARTS) is 1. The Balaban J connectivity index is 3.46. The quantitative estimate of drug-likeness (QED) is 0.790. The monoisotopic (exact) mass is 283 g/mol. The van der Waals surface area contributed by atoms with Gasteiger partial charge in [0.15, 0.2) is 11.5 Å². The van der Waals surface area contributed by atoms with Gasteiger partial charge in [-0.05, 0) is 19.9 Å². The van der Waals surface area contributed by atoms with Crippen LogP contribution in [0.4, 0.5) is 0 Å². The predicted molar refractivity (Wildman–Crippen MR) is 74.7 cm³/mol. The number of hydrogen-bond donors (Lipinski definition) is 2. The summed E-state index contributed by atoms with van der Waals surface area (Å²) in [5.41, 5.74) is 6.04. The standard InChI is InChI=1S/C14H21NO5/c1-8(2)20-12-9(10(7-15)14(16)17)5-6-11(18-3)13(12)19-4/h5-6,8,10H,7,15H2,1-4H3,(H,16,17). The number of methoxy groups -OCH3 is 2. The largest absolute Gasteiger partial charge is 0.493 e. The van der Waals surface area contributed by atoms with E-state index in [9.17, 15) is 9.90 Å². The van der Waals surface area contributed by atoms with E-state index in [0.717, 1.165) is 0 Å². The number of rotatable bonds is 7. The van der Waals surface area contributed by atoms with E-state index in [-0.39, 0.29) is 12.6 Å². The third-order valence-electron chi connectivity index (χ3n) is 2.79. The van der Waals surface area contributed by atoms with Crippen molar-refractivity contribution in [2.24, 2.45) is 5.73 Å². The zero-order valence-electron chi connectivity index (χ0n) is 12.2. The third-order valence-corrected chi connectivity index (χ3v) is 2.79. The molecule has 1 atom stereocenters. The van der Waals surface area contributed by atoms with E-state index in [4.69, 9.17) is 19.9 Å². The Kier molecular flexibility index (Phi) is 5.64. The fourth-order valence-electron chi connectivity index (χ4n) is 1.91. The Morgan fingerprint density at radius 2 is 1.90 bits per heavy atom. The molecule has 0 aromatic heterocycles. The Morgan fingerprint density at radius 1 is 1.25 bits per heavy atom. The van der Waals surface area contributed by atoms with Gasteiger partial charge >= 0.3 is 5.97 Å². The number of benzene rings is 1. The van der Waals surface area contributed by atoms with E-state index < -0.39 is 11.9 Å². The first-order chi connectivity index (χ1) is 9.46. The summed E-state index contributed by atoms with van der Waals surface area (Å²) in [6.07, 6.45) is -0.137. The lowest BCUT2D eigenvalue weighted by Crippen LogP contribution is -2.23. The zero-order chi connectivity index (χ0) is 15.3. The van der Waals surface area contributed by atoms with Gasteiger partial charge in [0.25, 0.3) is 0 Å². The van der Waals surface area contributed by atoms with Crippen LogP contribution in [0.1, 0.15) is 25.3 Å². The molecule has 1 rings (SSSR count). The van der Waals surface area contributed by atoms with Gasteiger partial charge in [-0.15, -0.1) is 0 Å². The summed E-state index contributed by atoms with van der Waals surface area (Å²) in [5.74, 6) is -0.650. The number of carboxylic acids is 1. The molecule has 20 heavy (non-hydrogen) atoms. The smallest absolute Gasteiger partial charge is 0.312 e. The molecule has 0 saturated carbocycles. The molecule has 1 unspecified atom stereocenters. The van der Waals surface area contributed by atoms with E-state index in [1.165, 1.54) is 14.2 Å². The van der Waals surface area contributed by atoms with E-state index >= 15 is 0 Å². The summed E-state index contributed by atoms with van der Waals surface area (Å²) in [6, 6.07) is 3.29. The molecule has 0 aliphatic heterocycles. The maximum atomic E-state index is 11.3. The molecule has 0 saturated heterocycles. The molecule has 0 aliphatic rings. The molecular weight excluding hydrogens is 262 g/mol. The molecule has 0 bridgehead atoms. The number of ether oxygens (including phenoxy) is 3. The highest BCUT2D eigenvalue weighted by Crippen LogP contribution is 2.43. The maximum Gasteiger partial charge on any atom is 0.312 e. The molecule has 0 spiro atoms. The molecule has 6 nitrogen and oxygen atoms in total. The number of aliphatic carboxylic acids is 1. The third kappa shape index (κ3) is 3.33. The average molecular weight is 283 g/mol. The van der Waals surface area contributed by atoms with Crippen molar-refractivity contribution in [1.82, 2.24) is 0 Å². The molecule has 0 amide bonds. The second kappa shape index (κ2) is 7.00. The first-order valence-electron chi connectivity index (χ1n) is 6.30. The minimum absolute atomic E-state index is 0.0285. The van der Waals surface area contributed by atoms with Gasteiger partial charge in [-0.2, -0.15) is 0 Å². The van der Waals surface area contributed by atoms with Gasteiger partial charge in [0.05, 0.1) is 26.2 Å². The van der Waals surface area contributed by atoms with E-state index in [1.807, 2.05) is 13.8 Å². The van der Waals surface area contributed by atoms with Crippen LogP contribution in [-0.2, 0) is 4.79 Å². The molecule has 3 N–H and O–H groups in total. The van der Waals surface area contributed by atoms with Gasteiger partial charge in [0.1, 0.15) is 0 Å². The summed E-state index contributed by atoms with van der Waals surface area (Å²) in [4.78, 5) is 11.3. The summed E-state index contributed by atoms with van der Waals surface area (Å²) >= 11 is 0. The van der Waals surface area contributed by atoms with Crippen molar-refractivity contribution in [2.45, 2.75) is 25.9 Å². The molecule has 0 heterocycles. The van der Waals surface area contributed by atoms with Crippen molar-refractivity contribution in [1.29, 1.82) is 0 Å². The van der Waals surface area contributed by atoms with Gasteiger partial charge in [-0.1, -0.05) is 6.07 Å². The summed E-state index contributed by atoms with van der Waals surface area (Å²) in [5, 5.41) is 9.27. The van der Waals surface area contributed by atoms with Crippen LogP contribution in [0.25, 0.3) is 0 Å². The minimum Gasteiger partial charge on any atom is -0.493 e. The molecule has 6 heteroatoms. The molecule has 112 valence electrons. The lowest BCUT2D eigenvalue weighted by atomic mass is 9.97. The second-order valence-corrected chi connectivity index (χ2v) is 4.51. The van der Waals surface area contributed by atoms with Crippen molar-refractivity contribution in [3.63, 3.8) is 0 Å². The Hall–Kier alpha value is -1.95. The number of nitrogens with two attached hydrogens (primary N) is 1. The molecule has 0 radical (unpaired) electrons. The van der Waals surface area contributed by atoms with Crippen molar-refractivity contribution in [2.75, 3.05) is 20.8 Å². The fourth-order valence-corrected chi connectivity index (χ4v) is 1.91. The number of carbonyl (C=O) groups is 1. The molecule has 0 fully saturated rings. The SMILES string of the molecule is COc1ccc(C(CN)C(=O)O)c(OC(C)C)c1OC. The molecular formula is C14H21NO5. The minimum atomic E-state index is -1.01. The maximum absolute atomic E-state index is 11.3. The highest BCUT2D eigenvalue weighted by Gasteiger charge is 2.27. The zero-order valence-corrected chi connectivity index (χ0v) is 12.2. The van der Waals surface area contributed by atoms with Gasteiger partial charge in [-0.3, -0.25) is 4.79 Å². The molecule has 0 aliphatic carbocycles. The van der Waals surface area contributed by atoms with Gasteiger partial charge in [0, 0.05) is 12.1 Å². The summed E-state index contributed by atoms with van der Waals surface area (Å²) in [7, 11) is 2.99. The molecule has 1 aromatic carbocycles. The first-order valence-corrected chi connectivity index (χ1v) is 6.30. The predicted octanol–water partition coefficient (Wildman–Crippen LogP) is 1.62. The van der Waals surface area contributed by atoms with Crippen molar-refractivity contribution in [3.8, 4) is 17.2 Å². The van der Waals surface area contributed by atoms with Crippen LogP contribution < -0.4 is 19.9 Å². The fraction of sp³-hybridized carbons (Fsp3) is 0.500. The van der Waals surface area contributed by atoms with Crippen LogP contribution in [0.15, 0.2) is 12.1 Å². The first kappa shape index (κ1) is 16.1. The average Bonchev–Trinajstić information content (AvgIpc) is 2.39. The Morgan fingerprint density at radius 3 is 2.30 bits per heavy atom. The van der Waals surface area contributed by atoms with Crippen LogP contribution >= 0.6 is 0 Å². The van der Waals surface area contributed by atoms with Crippen LogP contribution in [-0.4, -0.2) is 37.9 Å². The van der Waals surface area contributed by atoms with Crippen LogP contribution in [0.3, 0.4) is 0 Å². The Bertz CT molecular complexity index is 473. The van der Waals surface area contributed by atoms with Crippen molar-refractivity contribution in [3.05, 3.63) is 17.7 Å². The van der Waals surface area contributed by atoms with Gasteiger partial charge < -0.3 is 25.1 Å².